The van der Waals surface area contributed by atoms with Crippen LogP contribution in [0, 0.1) is 16.1 Å². The molecule has 1 aromatic carbocycles. The Labute approximate surface area is 126 Å². The van der Waals surface area contributed by atoms with Crippen molar-refractivity contribution >= 4 is 23.3 Å². The highest BCUT2D eigenvalue weighted by Crippen LogP contribution is 2.18. The van der Waals surface area contributed by atoms with Crippen LogP contribution in [0.5, 0.6) is 5.88 Å². The third-order valence-electron chi connectivity index (χ3n) is 3.25. The van der Waals surface area contributed by atoms with Gasteiger partial charge in [-0.15, -0.1) is 0 Å². The van der Waals surface area contributed by atoms with Gasteiger partial charge < -0.3 is 14.3 Å². The topological polar surface area (TPSA) is 66.6 Å². The Bertz CT molecular complexity index is 904. The highest BCUT2D eigenvalue weighted by molar-refractivity contribution is 7.71. The molecule has 3 aromatic rings. The number of imidazole rings is 1. The lowest BCUT2D eigenvalue weighted by Gasteiger charge is -2.06. The molecule has 0 atom stereocenters. The van der Waals surface area contributed by atoms with Gasteiger partial charge in [0.15, 0.2) is 4.77 Å². The van der Waals surface area contributed by atoms with Gasteiger partial charge in [-0.1, -0.05) is 0 Å². The number of hydrogen-bond donors (Lipinski definition) is 1. The largest absolute Gasteiger partial charge is 0.481 e. The molecule has 0 saturated heterocycles. The summed E-state index contributed by atoms with van der Waals surface area (Å²) in [6.07, 6.45) is 1.70. The van der Waals surface area contributed by atoms with E-state index in [9.17, 15) is 0 Å². The Kier molecular flexibility index (Phi) is 3.42. The van der Waals surface area contributed by atoms with Crippen molar-refractivity contribution in [3.63, 3.8) is 0 Å². The predicted octanol–water partition coefficient (Wildman–Crippen LogP) is 3.02. The summed E-state index contributed by atoms with van der Waals surface area (Å²) in [5.74, 6) is 0.566. The fourth-order valence-electron chi connectivity index (χ4n) is 2.22. The van der Waals surface area contributed by atoms with Crippen LogP contribution in [0.3, 0.4) is 0 Å². The van der Waals surface area contributed by atoms with Crippen LogP contribution in [0.15, 0.2) is 36.5 Å². The molecule has 0 radical (unpaired) electrons. The normalized spacial score (nSPS) is 10.5. The van der Waals surface area contributed by atoms with Crippen LogP contribution < -0.4 is 4.74 Å². The summed E-state index contributed by atoms with van der Waals surface area (Å²) in [6.45, 7) is 0.590. The van der Waals surface area contributed by atoms with E-state index >= 15 is 0 Å². The lowest BCUT2D eigenvalue weighted by Crippen LogP contribution is -2.00. The summed E-state index contributed by atoms with van der Waals surface area (Å²) in [6, 6.07) is 11.4. The number of pyridine rings is 1. The number of aromatic amines is 1. The molecule has 3 rings (SSSR count). The van der Waals surface area contributed by atoms with E-state index in [0.29, 0.717) is 22.8 Å². The molecule has 5 nitrogen and oxygen atoms in total. The first-order chi connectivity index (χ1) is 10.2. The maximum atomic E-state index is 9.03. The number of ether oxygens (including phenoxy) is 1. The van der Waals surface area contributed by atoms with E-state index in [0.717, 1.165) is 16.6 Å². The van der Waals surface area contributed by atoms with Gasteiger partial charge in [0, 0.05) is 12.3 Å². The summed E-state index contributed by atoms with van der Waals surface area (Å²) in [4.78, 5) is 7.24. The smallest absolute Gasteiger partial charge is 0.213 e. The Balaban J connectivity index is 2.09. The Hall–Kier alpha value is -2.65. The molecule has 0 fully saturated rings. The van der Waals surface area contributed by atoms with Crippen LogP contribution in [0.1, 0.15) is 11.1 Å². The van der Waals surface area contributed by atoms with Crippen molar-refractivity contribution in [2.45, 2.75) is 6.54 Å². The second-order valence-electron chi connectivity index (χ2n) is 4.57. The van der Waals surface area contributed by atoms with Crippen molar-refractivity contribution in [2.75, 3.05) is 7.11 Å². The number of aromatic nitrogens is 3. The molecule has 2 aromatic heterocycles. The molecule has 21 heavy (non-hydrogen) atoms. The van der Waals surface area contributed by atoms with Gasteiger partial charge in [0.2, 0.25) is 5.88 Å². The van der Waals surface area contributed by atoms with Crippen LogP contribution in [-0.4, -0.2) is 21.6 Å². The summed E-state index contributed by atoms with van der Waals surface area (Å²) in [5, 5.41) is 9.03. The van der Waals surface area contributed by atoms with Gasteiger partial charge >= 0.3 is 0 Å². The highest BCUT2D eigenvalue weighted by atomic mass is 32.1. The fourth-order valence-corrected chi connectivity index (χ4v) is 2.50. The summed E-state index contributed by atoms with van der Waals surface area (Å²) in [7, 11) is 1.59. The SMILES string of the molecule is COc1cc(Cn2c(=S)[nH]c3ccc(C#N)cc32)ccn1. The molecular formula is C15H12N4OS. The van der Waals surface area contributed by atoms with Crippen molar-refractivity contribution in [2.24, 2.45) is 0 Å². The molecule has 0 spiro atoms. The number of nitrogens with zero attached hydrogens (tertiary/aromatic N) is 3. The van der Waals surface area contributed by atoms with Crippen LogP contribution in [0.2, 0.25) is 0 Å². The molecule has 0 bridgehead atoms. The van der Waals surface area contributed by atoms with Crippen molar-refractivity contribution < 1.29 is 4.74 Å². The van der Waals surface area contributed by atoms with E-state index in [1.165, 1.54) is 0 Å². The van der Waals surface area contributed by atoms with Crippen molar-refractivity contribution in [3.05, 3.63) is 52.4 Å². The molecule has 2 heterocycles. The zero-order valence-electron chi connectivity index (χ0n) is 11.3. The van der Waals surface area contributed by atoms with Gasteiger partial charge in [-0.05, 0) is 42.0 Å². The molecule has 6 heteroatoms. The van der Waals surface area contributed by atoms with E-state index in [2.05, 4.69) is 16.0 Å². The standard InChI is InChI=1S/C15H12N4OS/c1-20-14-7-11(4-5-17-14)9-19-13-6-10(8-16)2-3-12(13)18-15(19)21/h2-7H,9H2,1H3,(H,18,21). The van der Waals surface area contributed by atoms with Gasteiger partial charge in [-0.3, -0.25) is 0 Å². The van der Waals surface area contributed by atoms with Gasteiger partial charge in [-0.25, -0.2) is 4.98 Å². The number of rotatable bonds is 3. The van der Waals surface area contributed by atoms with Crippen LogP contribution in [0.25, 0.3) is 11.0 Å². The lowest BCUT2D eigenvalue weighted by atomic mass is 10.2. The Morgan fingerprint density at radius 1 is 1.38 bits per heavy atom. The van der Waals surface area contributed by atoms with Crippen LogP contribution in [-0.2, 0) is 6.54 Å². The Morgan fingerprint density at radius 3 is 3.00 bits per heavy atom. The number of nitrogens with one attached hydrogen (secondary N) is 1. The third-order valence-corrected chi connectivity index (χ3v) is 3.58. The van der Waals surface area contributed by atoms with Crippen LogP contribution in [0.4, 0.5) is 0 Å². The third kappa shape index (κ3) is 2.51. The van der Waals surface area contributed by atoms with Crippen molar-refractivity contribution in [1.82, 2.24) is 14.5 Å². The molecule has 0 aliphatic carbocycles. The average Bonchev–Trinajstić information content (AvgIpc) is 2.82. The first-order valence-corrected chi connectivity index (χ1v) is 6.73. The van der Waals surface area contributed by atoms with E-state index in [1.807, 2.05) is 28.8 Å². The number of fused-ring (bicyclic) bond motifs is 1. The summed E-state index contributed by atoms with van der Waals surface area (Å²) in [5.41, 5.74) is 3.47. The maximum Gasteiger partial charge on any atom is 0.213 e. The average molecular weight is 296 g/mol. The van der Waals surface area contributed by atoms with Crippen molar-refractivity contribution in [1.29, 1.82) is 5.26 Å². The van der Waals surface area contributed by atoms with Crippen molar-refractivity contribution in [3.8, 4) is 11.9 Å². The molecule has 104 valence electrons. The summed E-state index contributed by atoms with van der Waals surface area (Å²) < 4.78 is 7.71. The Morgan fingerprint density at radius 2 is 2.24 bits per heavy atom. The van der Waals surface area contributed by atoms with Gasteiger partial charge in [0.1, 0.15) is 0 Å². The van der Waals surface area contributed by atoms with E-state index < -0.39 is 0 Å². The van der Waals surface area contributed by atoms with E-state index in [-0.39, 0.29) is 0 Å². The number of methoxy groups -OCH3 is 1. The zero-order chi connectivity index (χ0) is 14.8. The summed E-state index contributed by atoms with van der Waals surface area (Å²) >= 11 is 5.37. The number of hydrogen-bond acceptors (Lipinski definition) is 4. The number of H-pyrrole nitrogens is 1. The molecule has 0 aliphatic rings. The number of nitriles is 1. The lowest BCUT2D eigenvalue weighted by molar-refractivity contribution is 0.397. The first-order valence-electron chi connectivity index (χ1n) is 6.33. The fraction of sp³-hybridized carbons (Fsp3) is 0.133. The molecule has 1 N–H and O–H groups in total. The molecule has 0 unspecified atom stereocenters. The zero-order valence-corrected chi connectivity index (χ0v) is 12.1. The highest BCUT2D eigenvalue weighted by Gasteiger charge is 2.07. The van der Waals surface area contributed by atoms with Crippen LogP contribution >= 0.6 is 12.2 Å². The minimum absolute atomic E-state index is 0.566. The molecule has 0 saturated carbocycles. The van der Waals surface area contributed by atoms with E-state index in [1.54, 1.807) is 19.4 Å². The van der Waals surface area contributed by atoms with Gasteiger partial charge in [-0.2, -0.15) is 5.26 Å². The molecule has 0 aliphatic heterocycles. The predicted molar refractivity (Wildman–Crippen MR) is 81.7 cm³/mol. The molecular weight excluding hydrogens is 284 g/mol. The van der Waals surface area contributed by atoms with E-state index in [4.69, 9.17) is 22.2 Å². The first kappa shape index (κ1) is 13.3. The maximum absolute atomic E-state index is 9.03. The minimum Gasteiger partial charge on any atom is -0.481 e. The van der Waals surface area contributed by atoms with Gasteiger partial charge in [0.25, 0.3) is 0 Å². The quantitative estimate of drug-likeness (QED) is 0.754. The second kappa shape index (κ2) is 5.38. The second-order valence-corrected chi connectivity index (χ2v) is 4.95. The minimum atomic E-state index is 0.566. The molecule has 0 amide bonds. The number of benzene rings is 1. The van der Waals surface area contributed by atoms with Gasteiger partial charge in [0.05, 0.1) is 36.3 Å². The monoisotopic (exact) mass is 296 g/mol.